The zero-order valence-electron chi connectivity index (χ0n) is 13.2. The second-order valence-electron chi connectivity index (χ2n) is 6.48. The molecule has 0 radical (unpaired) electrons. The second-order valence-corrected chi connectivity index (χ2v) is 7.26. The van der Waals surface area contributed by atoms with Crippen LogP contribution in [0.15, 0.2) is 16.8 Å². The molecule has 0 saturated heterocycles. The molecular weight excluding hydrogens is 262 g/mol. The van der Waals surface area contributed by atoms with Gasteiger partial charge in [-0.25, -0.2) is 0 Å². The highest BCUT2D eigenvalue weighted by atomic mass is 32.1. The number of hydrogen-bond donors (Lipinski definition) is 1. The van der Waals surface area contributed by atoms with Crippen LogP contribution in [0.1, 0.15) is 57.9 Å². The van der Waals surface area contributed by atoms with Crippen LogP contribution in [-0.2, 0) is 6.42 Å². The van der Waals surface area contributed by atoms with Gasteiger partial charge >= 0.3 is 0 Å². The summed E-state index contributed by atoms with van der Waals surface area (Å²) in [5.41, 5.74) is 1.55. The van der Waals surface area contributed by atoms with Crippen LogP contribution in [0, 0.1) is 17.8 Å². The normalized spacial score (nSPS) is 26.8. The second kappa shape index (κ2) is 8.84. The highest BCUT2D eigenvalue weighted by molar-refractivity contribution is 7.07. The molecule has 2 rings (SSSR count). The van der Waals surface area contributed by atoms with E-state index in [1.807, 2.05) is 11.3 Å². The summed E-state index contributed by atoms with van der Waals surface area (Å²) in [6.07, 6.45) is 9.70. The van der Waals surface area contributed by atoms with E-state index in [2.05, 4.69) is 36.0 Å². The standard InChI is InChI=1S/C18H31NS/c1-3-10-19-13-18-8-5-15(4-2)12-17(18)7-6-16-9-11-20-14-16/h9,11,14-15,17-19H,3-8,10,12-13H2,1-2H3. The van der Waals surface area contributed by atoms with Crippen molar-refractivity contribution in [3.8, 4) is 0 Å². The maximum Gasteiger partial charge on any atom is -0.00179 e. The number of thiophene rings is 1. The van der Waals surface area contributed by atoms with E-state index in [0.29, 0.717) is 0 Å². The molecule has 1 aromatic rings. The molecule has 1 aliphatic rings. The van der Waals surface area contributed by atoms with Crippen LogP contribution in [-0.4, -0.2) is 13.1 Å². The van der Waals surface area contributed by atoms with Crippen LogP contribution >= 0.6 is 11.3 Å². The average molecular weight is 294 g/mol. The molecule has 20 heavy (non-hydrogen) atoms. The maximum absolute atomic E-state index is 3.66. The lowest BCUT2D eigenvalue weighted by Crippen LogP contribution is -2.33. The van der Waals surface area contributed by atoms with E-state index in [1.54, 1.807) is 5.56 Å². The molecule has 0 bridgehead atoms. The molecule has 0 aliphatic heterocycles. The van der Waals surface area contributed by atoms with Crippen molar-refractivity contribution in [3.63, 3.8) is 0 Å². The van der Waals surface area contributed by atoms with Crippen molar-refractivity contribution in [2.75, 3.05) is 13.1 Å². The van der Waals surface area contributed by atoms with Gasteiger partial charge in [-0.05, 0) is 85.3 Å². The first kappa shape index (κ1) is 16.0. The SMILES string of the molecule is CCCNCC1CCC(CC)CC1CCc1ccsc1. The fourth-order valence-corrected chi connectivity index (χ4v) is 4.37. The van der Waals surface area contributed by atoms with Gasteiger partial charge in [0.15, 0.2) is 0 Å². The van der Waals surface area contributed by atoms with E-state index in [1.165, 1.54) is 58.0 Å². The summed E-state index contributed by atoms with van der Waals surface area (Å²) in [5, 5.41) is 8.20. The third kappa shape index (κ3) is 4.89. The van der Waals surface area contributed by atoms with Gasteiger partial charge in [0.1, 0.15) is 0 Å². The van der Waals surface area contributed by atoms with Crippen molar-refractivity contribution >= 4 is 11.3 Å². The largest absolute Gasteiger partial charge is 0.316 e. The zero-order valence-corrected chi connectivity index (χ0v) is 14.1. The Kier molecular flexibility index (Phi) is 7.09. The van der Waals surface area contributed by atoms with E-state index >= 15 is 0 Å². The first-order valence-corrected chi connectivity index (χ1v) is 9.49. The fourth-order valence-electron chi connectivity index (χ4n) is 3.67. The van der Waals surface area contributed by atoms with Gasteiger partial charge in [0.25, 0.3) is 0 Å². The molecule has 0 aromatic carbocycles. The molecule has 0 spiro atoms. The smallest absolute Gasteiger partial charge is 0.00179 e. The Morgan fingerprint density at radius 1 is 1.25 bits per heavy atom. The summed E-state index contributed by atoms with van der Waals surface area (Å²) in [7, 11) is 0. The van der Waals surface area contributed by atoms with Crippen molar-refractivity contribution in [1.29, 1.82) is 0 Å². The van der Waals surface area contributed by atoms with E-state index in [-0.39, 0.29) is 0 Å². The van der Waals surface area contributed by atoms with E-state index < -0.39 is 0 Å². The van der Waals surface area contributed by atoms with Gasteiger partial charge in [0.05, 0.1) is 0 Å². The molecule has 1 saturated carbocycles. The summed E-state index contributed by atoms with van der Waals surface area (Å²) in [6, 6.07) is 2.30. The van der Waals surface area contributed by atoms with Crippen LogP contribution in [0.25, 0.3) is 0 Å². The number of rotatable bonds is 8. The Balaban J connectivity index is 1.84. The minimum Gasteiger partial charge on any atom is -0.316 e. The first-order valence-electron chi connectivity index (χ1n) is 8.55. The van der Waals surface area contributed by atoms with Gasteiger partial charge in [0.2, 0.25) is 0 Å². The van der Waals surface area contributed by atoms with Gasteiger partial charge in [-0.2, -0.15) is 11.3 Å². The monoisotopic (exact) mass is 293 g/mol. The predicted molar refractivity (Wildman–Crippen MR) is 90.4 cm³/mol. The zero-order chi connectivity index (χ0) is 14.2. The van der Waals surface area contributed by atoms with Crippen LogP contribution in [0.5, 0.6) is 0 Å². The number of nitrogens with one attached hydrogen (secondary N) is 1. The quantitative estimate of drug-likeness (QED) is 0.656. The molecule has 1 aromatic heterocycles. The summed E-state index contributed by atoms with van der Waals surface area (Å²) < 4.78 is 0. The van der Waals surface area contributed by atoms with Gasteiger partial charge in [0, 0.05) is 0 Å². The first-order chi connectivity index (χ1) is 9.83. The Morgan fingerprint density at radius 3 is 2.85 bits per heavy atom. The Labute approximate surface area is 129 Å². The molecule has 1 heterocycles. The summed E-state index contributed by atoms with van der Waals surface area (Å²) >= 11 is 1.84. The molecule has 3 atom stereocenters. The van der Waals surface area contributed by atoms with E-state index in [4.69, 9.17) is 0 Å². The third-order valence-corrected chi connectivity index (χ3v) is 5.78. The minimum absolute atomic E-state index is 0.919. The molecule has 1 nitrogen and oxygen atoms in total. The molecule has 1 N–H and O–H groups in total. The van der Waals surface area contributed by atoms with Gasteiger partial charge in [-0.15, -0.1) is 0 Å². The van der Waals surface area contributed by atoms with Crippen LogP contribution in [0.4, 0.5) is 0 Å². The van der Waals surface area contributed by atoms with E-state index in [0.717, 1.165) is 17.8 Å². The van der Waals surface area contributed by atoms with Gasteiger partial charge in [-0.3, -0.25) is 0 Å². The summed E-state index contributed by atoms with van der Waals surface area (Å²) in [5.74, 6) is 2.85. The highest BCUT2D eigenvalue weighted by Crippen LogP contribution is 2.37. The Morgan fingerprint density at radius 2 is 2.15 bits per heavy atom. The van der Waals surface area contributed by atoms with Crippen molar-refractivity contribution < 1.29 is 0 Å². The van der Waals surface area contributed by atoms with E-state index in [9.17, 15) is 0 Å². The fraction of sp³-hybridized carbons (Fsp3) is 0.778. The van der Waals surface area contributed by atoms with Gasteiger partial charge in [-0.1, -0.05) is 26.7 Å². The third-order valence-electron chi connectivity index (χ3n) is 5.04. The summed E-state index contributed by atoms with van der Waals surface area (Å²) in [4.78, 5) is 0. The summed E-state index contributed by atoms with van der Waals surface area (Å²) in [6.45, 7) is 7.06. The van der Waals surface area contributed by atoms with Crippen molar-refractivity contribution in [2.24, 2.45) is 17.8 Å². The van der Waals surface area contributed by atoms with Crippen molar-refractivity contribution in [3.05, 3.63) is 22.4 Å². The van der Waals surface area contributed by atoms with Crippen LogP contribution < -0.4 is 5.32 Å². The van der Waals surface area contributed by atoms with Crippen LogP contribution in [0.3, 0.4) is 0 Å². The lowest BCUT2D eigenvalue weighted by molar-refractivity contribution is 0.163. The lowest BCUT2D eigenvalue weighted by atomic mass is 9.71. The molecule has 1 aliphatic carbocycles. The Bertz CT molecular complexity index is 344. The molecule has 114 valence electrons. The lowest BCUT2D eigenvalue weighted by Gasteiger charge is -2.36. The van der Waals surface area contributed by atoms with Crippen molar-refractivity contribution in [1.82, 2.24) is 5.32 Å². The minimum atomic E-state index is 0.919. The maximum atomic E-state index is 3.66. The molecular formula is C18H31NS. The average Bonchev–Trinajstić information content (AvgIpc) is 2.99. The van der Waals surface area contributed by atoms with Crippen molar-refractivity contribution in [2.45, 2.75) is 58.8 Å². The van der Waals surface area contributed by atoms with Crippen LogP contribution in [0.2, 0.25) is 0 Å². The number of hydrogen-bond acceptors (Lipinski definition) is 2. The predicted octanol–water partition coefficient (Wildman–Crippen LogP) is 5.12. The number of aryl methyl sites for hydroxylation is 1. The molecule has 0 amide bonds. The molecule has 3 unspecified atom stereocenters. The Hall–Kier alpha value is -0.340. The molecule has 1 fully saturated rings. The highest BCUT2D eigenvalue weighted by Gasteiger charge is 2.29. The van der Waals surface area contributed by atoms with Gasteiger partial charge < -0.3 is 5.32 Å². The molecule has 2 heteroatoms. The topological polar surface area (TPSA) is 12.0 Å².